The molecule has 0 aromatic heterocycles. The number of anilines is 3. The Morgan fingerprint density at radius 3 is 1.39 bits per heavy atom. The van der Waals surface area contributed by atoms with Crippen LogP contribution in [0.4, 0.5) is 17.1 Å². The number of fused-ring (bicyclic) bond motifs is 9. The van der Waals surface area contributed by atoms with E-state index in [9.17, 15) is 0 Å². The van der Waals surface area contributed by atoms with Crippen molar-refractivity contribution in [3.8, 4) is 55.6 Å². The lowest BCUT2D eigenvalue weighted by atomic mass is 9.64. The predicted molar refractivity (Wildman–Crippen MR) is 306 cm³/mol. The fourth-order valence-corrected chi connectivity index (χ4v) is 11.7. The molecule has 0 radical (unpaired) electrons. The standard InChI is InChI=1S/C70H48N4/c1-4-17-47(18-5-1)49-31-37-52(38-32-49)67-71-68(53-39-33-50(34-40-53)48-19-6-2-7-20-48)73-69(72-67)54-41-35-51(36-42-54)55-21-16-22-56(45-55)57-43-44-60-59-25-10-11-26-61(59)70(64(60)46-57)62-27-12-14-29-65(62)74(58-23-8-3-9-24-58)66-30-15-13-28-63(66)70/h1-46,67H,(H,71,72,73). The maximum atomic E-state index is 5.22. The SMILES string of the molecule is c1ccc(-c2ccc(C3=NC(c4ccc(-c5ccccc5)cc4)NC(c4ccc(-c5cccc(-c6ccc7c(c6)C6(c8ccccc8-7)c7ccccc7N(c7ccccc7)c7ccccc76)c5)cc4)=N3)cc2)cc1. The Balaban J connectivity index is 0.814. The molecule has 14 rings (SSSR count). The first-order valence-electron chi connectivity index (χ1n) is 25.4. The van der Waals surface area contributed by atoms with Crippen molar-refractivity contribution < 1.29 is 0 Å². The molecular weight excluding hydrogens is 897 g/mol. The van der Waals surface area contributed by atoms with E-state index >= 15 is 0 Å². The molecule has 74 heavy (non-hydrogen) atoms. The van der Waals surface area contributed by atoms with Crippen LogP contribution in [0.15, 0.2) is 289 Å². The van der Waals surface area contributed by atoms with E-state index in [4.69, 9.17) is 9.98 Å². The third-order valence-corrected chi connectivity index (χ3v) is 15.2. The van der Waals surface area contributed by atoms with Gasteiger partial charge >= 0.3 is 0 Å². The van der Waals surface area contributed by atoms with Gasteiger partial charge in [0.2, 0.25) is 0 Å². The van der Waals surface area contributed by atoms with Crippen LogP contribution in [0.5, 0.6) is 0 Å². The maximum Gasteiger partial charge on any atom is 0.159 e. The zero-order valence-corrected chi connectivity index (χ0v) is 40.5. The number of rotatable bonds is 8. The highest BCUT2D eigenvalue weighted by Gasteiger charge is 2.51. The molecule has 2 heterocycles. The molecule has 1 aliphatic carbocycles. The smallest absolute Gasteiger partial charge is 0.159 e. The first-order valence-corrected chi connectivity index (χ1v) is 25.4. The van der Waals surface area contributed by atoms with Gasteiger partial charge in [0, 0.05) is 16.8 Å². The molecule has 3 aliphatic rings. The summed E-state index contributed by atoms with van der Waals surface area (Å²) in [7, 11) is 0. The van der Waals surface area contributed by atoms with Gasteiger partial charge in [0.05, 0.1) is 16.8 Å². The largest absolute Gasteiger partial charge is 0.344 e. The summed E-state index contributed by atoms with van der Waals surface area (Å²) >= 11 is 0. The number of para-hydroxylation sites is 3. The first-order chi connectivity index (χ1) is 36.7. The molecule has 2 aliphatic heterocycles. The minimum Gasteiger partial charge on any atom is -0.344 e. The predicted octanol–water partition coefficient (Wildman–Crippen LogP) is 17.0. The zero-order valence-electron chi connectivity index (χ0n) is 40.5. The minimum absolute atomic E-state index is 0.329. The van der Waals surface area contributed by atoms with Crippen molar-refractivity contribution in [1.29, 1.82) is 0 Å². The number of hydrogen-bond donors (Lipinski definition) is 1. The minimum atomic E-state index is -0.523. The topological polar surface area (TPSA) is 40.0 Å². The zero-order chi connectivity index (χ0) is 49.0. The molecule has 1 N–H and O–H groups in total. The van der Waals surface area contributed by atoms with E-state index in [0.717, 1.165) is 44.9 Å². The van der Waals surface area contributed by atoms with Crippen LogP contribution in [0.2, 0.25) is 0 Å². The summed E-state index contributed by atoms with van der Waals surface area (Å²) in [6.45, 7) is 0. The third-order valence-electron chi connectivity index (χ3n) is 15.2. The molecule has 0 bridgehead atoms. The Bertz CT molecular complexity index is 3910. The van der Waals surface area contributed by atoms with E-state index in [1.165, 1.54) is 72.6 Å². The van der Waals surface area contributed by atoms with Gasteiger partial charge < -0.3 is 10.2 Å². The summed E-state index contributed by atoms with van der Waals surface area (Å²) in [5.41, 5.74) is 23.1. The van der Waals surface area contributed by atoms with Gasteiger partial charge in [-0.1, -0.05) is 243 Å². The molecule has 0 saturated carbocycles. The van der Waals surface area contributed by atoms with Gasteiger partial charge in [0.15, 0.2) is 5.84 Å². The van der Waals surface area contributed by atoms with Crippen molar-refractivity contribution in [2.24, 2.45) is 9.98 Å². The van der Waals surface area contributed by atoms with Gasteiger partial charge in [-0.25, -0.2) is 9.98 Å². The van der Waals surface area contributed by atoms with E-state index in [-0.39, 0.29) is 6.17 Å². The normalized spacial score (nSPS) is 14.7. The van der Waals surface area contributed by atoms with Gasteiger partial charge in [-0.2, -0.15) is 0 Å². The number of nitrogens with one attached hydrogen (secondary N) is 1. The Kier molecular flexibility index (Phi) is 10.4. The van der Waals surface area contributed by atoms with E-state index in [1.54, 1.807) is 0 Å². The lowest BCUT2D eigenvalue weighted by Crippen LogP contribution is -2.36. The number of benzene rings is 11. The Morgan fingerprint density at radius 1 is 0.324 bits per heavy atom. The van der Waals surface area contributed by atoms with Crippen molar-refractivity contribution in [2.45, 2.75) is 11.6 Å². The molecule has 4 nitrogen and oxygen atoms in total. The number of nitrogens with zero attached hydrogens (tertiary/aromatic N) is 3. The number of hydrogen-bond acceptors (Lipinski definition) is 4. The van der Waals surface area contributed by atoms with Crippen molar-refractivity contribution in [3.63, 3.8) is 0 Å². The van der Waals surface area contributed by atoms with Crippen LogP contribution in [-0.4, -0.2) is 11.7 Å². The Labute approximate surface area is 432 Å². The molecule has 1 unspecified atom stereocenters. The number of amidine groups is 2. The highest BCUT2D eigenvalue weighted by molar-refractivity contribution is 6.13. The van der Waals surface area contributed by atoms with Crippen LogP contribution in [0.3, 0.4) is 0 Å². The lowest BCUT2D eigenvalue weighted by molar-refractivity contribution is 0.674. The molecule has 0 saturated heterocycles. The lowest BCUT2D eigenvalue weighted by Gasteiger charge is -2.45. The van der Waals surface area contributed by atoms with Gasteiger partial charge in [0.1, 0.15) is 12.0 Å². The molecule has 11 aromatic carbocycles. The molecule has 4 heteroatoms. The summed E-state index contributed by atoms with van der Waals surface area (Å²) in [4.78, 5) is 12.9. The average molecular weight is 945 g/mol. The van der Waals surface area contributed by atoms with Crippen LogP contribution < -0.4 is 10.2 Å². The molecular formula is C70H48N4. The van der Waals surface area contributed by atoms with Crippen LogP contribution >= 0.6 is 0 Å². The molecule has 11 aromatic rings. The Hall–Kier alpha value is -9.64. The van der Waals surface area contributed by atoms with Gasteiger partial charge in [0.25, 0.3) is 0 Å². The fourth-order valence-electron chi connectivity index (χ4n) is 11.7. The highest BCUT2D eigenvalue weighted by Crippen LogP contribution is 2.63. The molecule has 0 amide bonds. The second-order valence-electron chi connectivity index (χ2n) is 19.3. The second-order valence-corrected chi connectivity index (χ2v) is 19.3. The van der Waals surface area contributed by atoms with Crippen molar-refractivity contribution >= 4 is 28.7 Å². The fraction of sp³-hybridized carbons (Fsp3) is 0.0286. The second kappa shape index (κ2) is 17.9. The van der Waals surface area contributed by atoms with E-state index < -0.39 is 5.41 Å². The summed E-state index contributed by atoms with van der Waals surface area (Å²) in [5, 5.41) is 3.71. The average Bonchev–Trinajstić information content (AvgIpc) is 3.78. The number of aliphatic imine (C=N–C) groups is 2. The van der Waals surface area contributed by atoms with E-state index in [0.29, 0.717) is 5.84 Å². The van der Waals surface area contributed by atoms with Crippen LogP contribution in [0.25, 0.3) is 55.6 Å². The van der Waals surface area contributed by atoms with Gasteiger partial charge in [-0.05, 0) is 120 Å². The van der Waals surface area contributed by atoms with Crippen LogP contribution in [-0.2, 0) is 5.41 Å². The van der Waals surface area contributed by atoms with E-state index in [1.807, 2.05) is 6.07 Å². The van der Waals surface area contributed by atoms with Crippen LogP contribution in [0, 0.1) is 0 Å². The highest BCUT2D eigenvalue weighted by atomic mass is 15.2. The van der Waals surface area contributed by atoms with Crippen molar-refractivity contribution in [3.05, 3.63) is 318 Å². The van der Waals surface area contributed by atoms with Gasteiger partial charge in [-0.3, -0.25) is 0 Å². The third kappa shape index (κ3) is 7.22. The first kappa shape index (κ1) is 43.2. The molecule has 1 atom stereocenters. The molecule has 348 valence electrons. The Morgan fingerprint density at radius 2 is 0.757 bits per heavy atom. The maximum absolute atomic E-state index is 5.22. The van der Waals surface area contributed by atoms with Crippen molar-refractivity contribution in [1.82, 2.24) is 5.32 Å². The summed E-state index contributed by atoms with van der Waals surface area (Å²) < 4.78 is 0. The van der Waals surface area contributed by atoms with Crippen LogP contribution in [0.1, 0.15) is 45.1 Å². The summed E-state index contributed by atoms with van der Waals surface area (Å²) in [6, 6.07) is 101. The van der Waals surface area contributed by atoms with Crippen molar-refractivity contribution in [2.75, 3.05) is 4.90 Å². The monoisotopic (exact) mass is 944 g/mol. The van der Waals surface area contributed by atoms with Gasteiger partial charge in [-0.15, -0.1) is 0 Å². The summed E-state index contributed by atoms with van der Waals surface area (Å²) in [5.74, 6) is 1.48. The van der Waals surface area contributed by atoms with E-state index in [2.05, 4.69) is 283 Å². The molecule has 0 fully saturated rings. The summed E-state index contributed by atoms with van der Waals surface area (Å²) in [6.07, 6.45) is -0.329. The quantitative estimate of drug-likeness (QED) is 0.165. The molecule has 1 spiro atoms.